The molecule has 0 radical (unpaired) electrons. The standard InChI is InChI=1S/C18H29N3O2/c1-14-7-5-8-15(2)16(14)22-12-10-20-17(19-4)21-13-18(3)9-6-11-23-18/h5,7-8H,6,9-13H2,1-4H3,(H2,19,20,21). The molecule has 0 amide bonds. The van der Waals surface area contributed by atoms with Gasteiger partial charge in [0.05, 0.1) is 12.1 Å². The van der Waals surface area contributed by atoms with Crippen molar-refractivity contribution in [2.75, 3.05) is 33.4 Å². The van der Waals surface area contributed by atoms with E-state index in [4.69, 9.17) is 9.47 Å². The first kappa shape index (κ1) is 17.6. The van der Waals surface area contributed by atoms with E-state index in [0.29, 0.717) is 13.2 Å². The Hall–Kier alpha value is -1.75. The van der Waals surface area contributed by atoms with Crippen LogP contribution >= 0.6 is 0 Å². The molecule has 2 N–H and O–H groups in total. The fraction of sp³-hybridized carbons (Fsp3) is 0.611. The molecule has 5 nitrogen and oxygen atoms in total. The summed E-state index contributed by atoms with van der Waals surface area (Å²) in [7, 11) is 1.78. The molecule has 0 aromatic heterocycles. The van der Waals surface area contributed by atoms with Gasteiger partial charge in [-0.1, -0.05) is 18.2 Å². The molecule has 128 valence electrons. The maximum Gasteiger partial charge on any atom is 0.191 e. The van der Waals surface area contributed by atoms with E-state index in [1.165, 1.54) is 11.1 Å². The lowest BCUT2D eigenvalue weighted by atomic mass is 10.0. The Morgan fingerprint density at radius 3 is 2.65 bits per heavy atom. The second kappa shape index (κ2) is 8.20. The van der Waals surface area contributed by atoms with E-state index >= 15 is 0 Å². The van der Waals surface area contributed by atoms with Gasteiger partial charge in [0.2, 0.25) is 0 Å². The van der Waals surface area contributed by atoms with Gasteiger partial charge in [0.25, 0.3) is 0 Å². The fourth-order valence-electron chi connectivity index (χ4n) is 2.82. The highest BCUT2D eigenvalue weighted by Gasteiger charge is 2.29. The average molecular weight is 319 g/mol. The number of nitrogens with one attached hydrogen (secondary N) is 2. The Bertz CT molecular complexity index is 517. The topological polar surface area (TPSA) is 54.9 Å². The third-order valence-electron chi connectivity index (χ3n) is 4.20. The van der Waals surface area contributed by atoms with E-state index < -0.39 is 0 Å². The SMILES string of the molecule is CN=C(NCCOc1c(C)cccc1C)NCC1(C)CCCO1. The van der Waals surface area contributed by atoms with E-state index in [9.17, 15) is 0 Å². The van der Waals surface area contributed by atoms with Crippen LogP contribution in [0.5, 0.6) is 5.75 Å². The summed E-state index contributed by atoms with van der Waals surface area (Å²) < 4.78 is 11.7. The van der Waals surface area contributed by atoms with Crippen molar-refractivity contribution in [2.45, 2.75) is 39.2 Å². The first-order valence-electron chi connectivity index (χ1n) is 8.31. The molecule has 0 aliphatic carbocycles. The summed E-state index contributed by atoms with van der Waals surface area (Å²) in [5, 5.41) is 6.61. The summed E-state index contributed by atoms with van der Waals surface area (Å²) in [4.78, 5) is 4.24. The van der Waals surface area contributed by atoms with Crippen molar-refractivity contribution in [3.8, 4) is 5.75 Å². The molecule has 0 spiro atoms. The Morgan fingerprint density at radius 1 is 1.30 bits per heavy atom. The lowest BCUT2D eigenvalue weighted by Crippen LogP contribution is -2.46. The van der Waals surface area contributed by atoms with Crippen LogP contribution in [0.25, 0.3) is 0 Å². The third-order valence-corrected chi connectivity index (χ3v) is 4.20. The van der Waals surface area contributed by atoms with E-state index in [1.807, 2.05) is 6.07 Å². The zero-order valence-corrected chi connectivity index (χ0v) is 14.7. The van der Waals surface area contributed by atoms with Crippen LogP contribution in [0.4, 0.5) is 0 Å². The molecule has 5 heteroatoms. The molecule has 1 aromatic carbocycles. The molecular formula is C18H29N3O2. The summed E-state index contributed by atoms with van der Waals surface area (Å²) >= 11 is 0. The van der Waals surface area contributed by atoms with E-state index in [1.54, 1.807) is 7.05 Å². The molecule has 1 saturated heterocycles. The highest BCUT2D eigenvalue weighted by Crippen LogP contribution is 2.24. The number of aryl methyl sites for hydroxylation is 2. The molecule has 1 aromatic rings. The average Bonchev–Trinajstić information content (AvgIpc) is 2.96. The molecule has 0 saturated carbocycles. The molecule has 1 aliphatic heterocycles. The lowest BCUT2D eigenvalue weighted by Gasteiger charge is -2.24. The summed E-state index contributed by atoms with van der Waals surface area (Å²) in [5.41, 5.74) is 2.25. The minimum atomic E-state index is -0.0770. The molecule has 1 heterocycles. The van der Waals surface area contributed by atoms with Crippen molar-refractivity contribution in [1.82, 2.24) is 10.6 Å². The summed E-state index contributed by atoms with van der Waals surface area (Å²) in [6, 6.07) is 6.18. The van der Waals surface area contributed by atoms with Crippen LogP contribution in [0.3, 0.4) is 0 Å². The quantitative estimate of drug-likeness (QED) is 0.480. The summed E-state index contributed by atoms with van der Waals surface area (Å²) in [6.45, 7) is 9.20. The van der Waals surface area contributed by atoms with Gasteiger partial charge < -0.3 is 20.1 Å². The molecule has 1 aliphatic rings. The maximum absolute atomic E-state index is 5.89. The van der Waals surface area contributed by atoms with Crippen molar-refractivity contribution in [2.24, 2.45) is 4.99 Å². The van der Waals surface area contributed by atoms with Crippen molar-refractivity contribution in [3.05, 3.63) is 29.3 Å². The van der Waals surface area contributed by atoms with Crippen LogP contribution in [0.15, 0.2) is 23.2 Å². The normalized spacial score (nSPS) is 21.3. The van der Waals surface area contributed by atoms with Crippen LogP contribution in [-0.4, -0.2) is 44.9 Å². The van der Waals surface area contributed by atoms with Gasteiger partial charge in [-0.15, -0.1) is 0 Å². The maximum atomic E-state index is 5.89. The number of guanidine groups is 1. The molecule has 0 bridgehead atoms. The monoisotopic (exact) mass is 319 g/mol. The van der Waals surface area contributed by atoms with E-state index in [-0.39, 0.29) is 5.60 Å². The number of benzene rings is 1. The van der Waals surface area contributed by atoms with Gasteiger partial charge in [0.1, 0.15) is 12.4 Å². The third kappa shape index (κ3) is 5.13. The number of ether oxygens (including phenoxy) is 2. The molecule has 23 heavy (non-hydrogen) atoms. The highest BCUT2D eigenvalue weighted by molar-refractivity contribution is 5.79. The zero-order chi connectivity index (χ0) is 16.7. The van der Waals surface area contributed by atoms with Crippen LogP contribution in [0.1, 0.15) is 30.9 Å². The van der Waals surface area contributed by atoms with Crippen molar-refractivity contribution < 1.29 is 9.47 Å². The predicted octanol–water partition coefficient (Wildman–Crippen LogP) is 2.42. The smallest absolute Gasteiger partial charge is 0.191 e. The molecule has 2 rings (SSSR count). The first-order chi connectivity index (χ1) is 11.0. The van der Waals surface area contributed by atoms with Gasteiger partial charge >= 0.3 is 0 Å². The number of aliphatic imine (C=N–C) groups is 1. The van der Waals surface area contributed by atoms with Crippen molar-refractivity contribution in [3.63, 3.8) is 0 Å². The summed E-state index contributed by atoms with van der Waals surface area (Å²) in [5.74, 6) is 1.76. The number of hydrogen-bond donors (Lipinski definition) is 2. The predicted molar refractivity (Wildman–Crippen MR) is 94.4 cm³/mol. The fourth-order valence-corrected chi connectivity index (χ4v) is 2.82. The molecular weight excluding hydrogens is 290 g/mol. The van der Waals surface area contributed by atoms with Gasteiger partial charge in [0, 0.05) is 20.2 Å². The Kier molecular flexibility index (Phi) is 6.28. The van der Waals surface area contributed by atoms with Crippen LogP contribution in [0, 0.1) is 13.8 Å². The number of rotatable bonds is 6. The number of para-hydroxylation sites is 1. The minimum Gasteiger partial charge on any atom is -0.491 e. The first-order valence-corrected chi connectivity index (χ1v) is 8.31. The Morgan fingerprint density at radius 2 is 2.04 bits per heavy atom. The molecule has 1 fully saturated rings. The van der Waals surface area contributed by atoms with Gasteiger partial charge in [0.15, 0.2) is 5.96 Å². The van der Waals surface area contributed by atoms with Crippen molar-refractivity contribution in [1.29, 1.82) is 0 Å². The van der Waals surface area contributed by atoms with Crippen LogP contribution < -0.4 is 15.4 Å². The second-order valence-electron chi connectivity index (χ2n) is 6.32. The second-order valence-corrected chi connectivity index (χ2v) is 6.32. The largest absolute Gasteiger partial charge is 0.491 e. The summed E-state index contributed by atoms with van der Waals surface area (Å²) in [6.07, 6.45) is 2.22. The Balaban J connectivity index is 1.72. The van der Waals surface area contributed by atoms with Gasteiger partial charge in [-0.3, -0.25) is 4.99 Å². The lowest BCUT2D eigenvalue weighted by molar-refractivity contribution is 0.0243. The van der Waals surface area contributed by atoms with E-state index in [2.05, 4.69) is 48.5 Å². The van der Waals surface area contributed by atoms with Crippen LogP contribution in [0.2, 0.25) is 0 Å². The molecule has 1 atom stereocenters. The number of hydrogen-bond acceptors (Lipinski definition) is 3. The van der Waals surface area contributed by atoms with Crippen LogP contribution in [-0.2, 0) is 4.74 Å². The van der Waals surface area contributed by atoms with Gasteiger partial charge in [-0.05, 0) is 44.7 Å². The van der Waals surface area contributed by atoms with E-state index in [0.717, 1.165) is 37.7 Å². The Labute approximate surface area is 139 Å². The zero-order valence-electron chi connectivity index (χ0n) is 14.7. The highest BCUT2D eigenvalue weighted by atomic mass is 16.5. The number of nitrogens with zero attached hydrogens (tertiary/aromatic N) is 1. The van der Waals surface area contributed by atoms with Crippen molar-refractivity contribution >= 4 is 5.96 Å². The molecule has 1 unspecified atom stereocenters. The van der Waals surface area contributed by atoms with Gasteiger partial charge in [-0.25, -0.2) is 0 Å². The minimum absolute atomic E-state index is 0.0770. The van der Waals surface area contributed by atoms with Gasteiger partial charge in [-0.2, -0.15) is 0 Å².